The van der Waals surface area contributed by atoms with Crippen molar-refractivity contribution >= 4 is 0 Å². The van der Waals surface area contributed by atoms with Gasteiger partial charge < -0.3 is 10.2 Å². The number of rotatable bonds is 3. The lowest BCUT2D eigenvalue weighted by atomic mass is 9.91. The van der Waals surface area contributed by atoms with Crippen LogP contribution in [0, 0.1) is 5.92 Å². The molecule has 2 nitrogen and oxygen atoms in total. The molecule has 0 aliphatic carbocycles. The molecule has 1 N–H and O–H groups in total. The van der Waals surface area contributed by atoms with Gasteiger partial charge in [0, 0.05) is 12.6 Å². The number of likely N-dealkylation sites (tertiary alicyclic amines) is 1. The molecule has 2 rings (SSSR count). The molecule has 2 saturated heterocycles. The van der Waals surface area contributed by atoms with Gasteiger partial charge in [0.15, 0.2) is 0 Å². The molecule has 0 radical (unpaired) electrons. The molecule has 0 aromatic heterocycles. The van der Waals surface area contributed by atoms with E-state index in [9.17, 15) is 0 Å². The lowest BCUT2D eigenvalue weighted by molar-refractivity contribution is 0.0991. The molecule has 0 unspecified atom stereocenters. The second-order valence-electron chi connectivity index (χ2n) is 5.27. The van der Waals surface area contributed by atoms with E-state index >= 15 is 0 Å². The van der Waals surface area contributed by atoms with Crippen molar-refractivity contribution in [2.45, 2.75) is 51.5 Å². The maximum atomic E-state index is 3.46. The van der Waals surface area contributed by atoms with Crippen LogP contribution in [0.1, 0.15) is 45.4 Å². The topological polar surface area (TPSA) is 15.3 Å². The molecule has 88 valence electrons. The third-order valence-electron chi connectivity index (χ3n) is 4.07. The first kappa shape index (κ1) is 11.4. The molecule has 2 fully saturated rings. The Labute approximate surface area is 94.4 Å². The molecular weight excluding hydrogens is 184 g/mol. The van der Waals surface area contributed by atoms with E-state index in [1.807, 2.05) is 0 Å². The third-order valence-corrected chi connectivity index (χ3v) is 4.07. The number of nitrogens with zero attached hydrogens (tertiary/aromatic N) is 1. The molecule has 0 aromatic rings. The summed E-state index contributed by atoms with van der Waals surface area (Å²) in [4.78, 5) is 2.78. The number of hydrogen-bond acceptors (Lipinski definition) is 2. The van der Waals surface area contributed by atoms with Crippen molar-refractivity contribution in [1.29, 1.82) is 0 Å². The zero-order chi connectivity index (χ0) is 10.5. The van der Waals surface area contributed by atoms with Crippen molar-refractivity contribution in [3.63, 3.8) is 0 Å². The van der Waals surface area contributed by atoms with Gasteiger partial charge in [-0.2, -0.15) is 0 Å². The SMILES string of the molecule is CCC[C@@H]1CCCN(C2CCNCC2)C1. The average Bonchev–Trinajstić information content (AvgIpc) is 2.31. The van der Waals surface area contributed by atoms with Crippen LogP contribution in [0.15, 0.2) is 0 Å². The minimum absolute atomic E-state index is 0.894. The van der Waals surface area contributed by atoms with Gasteiger partial charge in [-0.05, 0) is 57.7 Å². The summed E-state index contributed by atoms with van der Waals surface area (Å²) in [5.74, 6) is 0.999. The van der Waals surface area contributed by atoms with Gasteiger partial charge in [0.1, 0.15) is 0 Å². The molecule has 1 atom stereocenters. The highest BCUT2D eigenvalue weighted by molar-refractivity contribution is 4.82. The largest absolute Gasteiger partial charge is 0.317 e. The summed E-state index contributed by atoms with van der Waals surface area (Å²) in [7, 11) is 0. The van der Waals surface area contributed by atoms with Gasteiger partial charge in [-0.25, -0.2) is 0 Å². The highest BCUT2D eigenvalue weighted by atomic mass is 15.2. The Kier molecular flexibility index (Phi) is 4.45. The Bertz CT molecular complexity index is 173. The number of piperidine rings is 2. The van der Waals surface area contributed by atoms with Crippen LogP contribution >= 0.6 is 0 Å². The standard InChI is InChI=1S/C13H26N2/c1-2-4-12-5-3-10-15(11-12)13-6-8-14-9-7-13/h12-14H,2-11H2,1H3/t12-/m1/s1. The highest BCUT2D eigenvalue weighted by Gasteiger charge is 2.26. The predicted molar refractivity (Wildman–Crippen MR) is 65.1 cm³/mol. The fourth-order valence-electron chi connectivity index (χ4n) is 3.24. The lowest BCUT2D eigenvalue weighted by Crippen LogP contribution is -2.47. The van der Waals surface area contributed by atoms with Crippen molar-refractivity contribution in [2.75, 3.05) is 26.2 Å². The second-order valence-corrected chi connectivity index (χ2v) is 5.27. The summed E-state index contributed by atoms with van der Waals surface area (Å²) in [5.41, 5.74) is 0. The fourth-order valence-corrected chi connectivity index (χ4v) is 3.24. The van der Waals surface area contributed by atoms with Gasteiger partial charge in [-0.3, -0.25) is 0 Å². The molecule has 2 aliphatic heterocycles. The normalized spacial score (nSPS) is 30.6. The molecule has 2 heterocycles. The molecule has 2 heteroatoms. The van der Waals surface area contributed by atoms with Gasteiger partial charge in [0.2, 0.25) is 0 Å². The summed E-state index contributed by atoms with van der Waals surface area (Å²) < 4.78 is 0. The van der Waals surface area contributed by atoms with E-state index in [4.69, 9.17) is 0 Å². The van der Waals surface area contributed by atoms with Gasteiger partial charge in [-0.15, -0.1) is 0 Å². The van der Waals surface area contributed by atoms with Gasteiger partial charge in [0.05, 0.1) is 0 Å². The van der Waals surface area contributed by atoms with E-state index in [0.29, 0.717) is 0 Å². The molecule has 0 bridgehead atoms. The van der Waals surface area contributed by atoms with Crippen LogP contribution in [0.3, 0.4) is 0 Å². The van der Waals surface area contributed by atoms with Crippen LogP contribution in [0.5, 0.6) is 0 Å². The smallest absolute Gasteiger partial charge is 0.0119 e. The van der Waals surface area contributed by atoms with E-state index in [-0.39, 0.29) is 0 Å². The summed E-state index contributed by atoms with van der Waals surface area (Å²) in [6, 6.07) is 0.894. The zero-order valence-corrected chi connectivity index (χ0v) is 10.2. The Morgan fingerprint density at radius 3 is 2.73 bits per heavy atom. The quantitative estimate of drug-likeness (QED) is 0.768. The molecule has 0 spiro atoms. The van der Waals surface area contributed by atoms with Crippen LogP contribution < -0.4 is 5.32 Å². The van der Waals surface area contributed by atoms with Crippen molar-refractivity contribution in [3.05, 3.63) is 0 Å². The predicted octanol–water partition coefficient (Wildman–Crippen LogP) is 2.25. The maximum Gasteiger partial charge on any atom is 0.0119 e. The second kappa shape index (κ2) is 5.86. The van der Waals surface area contributed by atoms with Crippen molar-refractivity contribution in [1.82, 2.24) is 10.2 Å². The molecule has 15 heavy (non-hydrogen) atoms. The van der Waals surface area contributed by atoms with Gasteiger partial charge in [0.25, 0.3) is 0 Å². The van der Waals surface area contributed by atoms with Crippen molar-refractivity contribution in [2.24, 2.45) is 5.92 Å². The third kappa shape index (κ3) is 3.18. The molecular formula is C13H26N2. The highest BCUT2D eigenvalue weighted by Crippen LogP contribution is 2.24. The zero-order valence-electron chi connectivity index (χ0n) is 10.2. The summed E-state index contributed by atoms with van der Waals surface area (Å²) >= 11 is 0. The number of hydrogen-bond donors (Lipinski definition) is 1. The molecule has 0 amide bonds. The summed E-state index contributed by atoms with van der Waals surface area (Å²) in [6.07, 6.45) is 8.48. The van der Waals surface area contributed by atoms with E-state index in [0.717, 1.165) is 12.0 Å². The first-order chi connectivity index (χ1) is 7.40. The molecule has 0 aromatic carbocycles. The van der Waals surface area contributed by atoms with Gasteiger partial charge >= 0.3 is 0 Å². The van der Waals surface area contributed by atoms with Crippen LogP contribution in [-0.4, -0.2) is 37.1 Å². The number of nitrogens with one attached hydrogen (secondary N) is 1. The van der Waals surface area contributed by atoms with Crippen LogP contribution in [0.2, 0.25) is 0 Å². The minimum atomic E-state index is 0.894. The minimum Gasteiger partial charge on any atom is -0.317 e. The van der Waals surface area contributed by atoms with Crippen LogP contribution in [0.25, 0.3) is 0 Å². The Hall–Kier alpha value is -0.0800. The first-order valence-corrected chi connectivity index (χ1v) is 6.85. The summed E-state index contributed by atoms with van der Waals surface area (Å²) in [6.45, 7) is 7.55. The van der Waals surface area contributed by atoms with E-state index < -0.39 is 0 Å². The Balaban J connectivity index is 1.80. The summed E-state index contributed by atoms with van der Waals surface area (Å²) in [5, 5.41) is 3.46. The fraction of sp³-hybridized carbons (Fsp3) is 1.00. The van der Waals surface area contributed by atoms with Gasteiger partial charge in [-0.1, -0.05) is 13.3 Å². The van der Waals surface area contributed by atoms with E-state index in [1.165, 1.54) is 64.7 Å². The lowest BCUT2D eigenvalue weighted by Gasteiger charge is -2.40. The van der Waals surface area contributed by atoms with E-state index in [2.05, 4.69) is 17.1 Å². The average molecular weight is 210 g/mol. The molecule has 2 aliphatic rings. The monoisotopic (exact) mass is 210 g/mol. The Morgan fingerprint density at radius 2 is 2.00 bits per heavy atom. The van der Waals surface area contributed by atoms with E-state index in [1.54, 1.807) is 0 Å². The Morgan fingerprint density at radius 1 is 1.20 bits per heavy atom. The first-order valence-electron chi connectivity index (χ1n) is 6.85. The van der Waals surface area contributed by atoms with Crippen LogP contribution in [0.4, 0.5) is 0 Å². The van der Waals surface area contributed by atoms with Crippen LogP contribution in [-0.2, 0) is 0 Å². The maximum absolute atomic E-state index is 3.46. The van der Waals surface area contributed by atoms with Crippen molar-refractivity contribution < 1.29 is 0 Å². The molecule has 0 saturated carbocycles. The van der Waals surface area contributed by atoms with Crippen molar-refractivity contribution in [3.8, 4) is 0 Å².